The van der Waals surface area contributed by atoms with E-state index in [2.05, 4.69) is 19.2 Å². The number of nitrogens with one attached hydrogen (secondary N) is 1. The molecule has 0 radical (unpaired) electrons. The van der Waals surface area contributed by atoms with Crippen LogP contribution in [0, 0.1) is 5.41 Å². The minimum absolute atomic E-state index is 0.0288. The minimum Gasteiger partial charge on any atom is -0.480 e. The highest BCUT2D eigenvalue weighted by atomic mass is 32.2. The summed E-state index contributed by atoms with van der Waals surface area (Å²) in [5.41, 5.74) is 0.188. The topological polar surface area (TPSA) is 49.3 Å². The minimum atomic E-state index is -0.717. The largest absolute Gasteiger partial charge is 0.480 e. The molecule has 0 aromatic carbocycles. The monoisotopic (exact) mass is 247 g/mol. The summed E-state index contributed by atoms with van der Waals surface area (Å²) in [6.45, 7) is 4.49. The Labute approximate surface area is 98.8 Å². The van der Waals surface area contributed by atoms with Gasteiger partial charge in [-0.3, -0.25) is 10.1 Å². The number of carboxylic acid groups (broad SMARTS) is 1. The molecule has 2 fully saturated rings. The van der Waals surface area contributed by atoms with Gasteiger partial charge in [0.1, 0.15) is 6.04 Å². The van der Waals surface area contributed by atoms with E-state index in [9.17, 15) is 4.79 Å². The van der Waals surface area contributed by atoms with Crippen LogP contribution in [0.25, 0.3) is 0 Å². The van der Waals surface area contributed by atoms with Crippen molar-refractivity contribution in [3.8, 4) is 0 Å². The van der Waals surface area contributed by atoms with Crippen molar-refractivity contribution in [2.24, 2.45) is 5.41 Å². The summed E-state index contributed by atoms with van der Waals surface area (Å²) < 4.78 is 0. The maximum atomic E-state index is 11.0. The van der Waals surface area contributed by atoms with Gasteiger partial charge in [-0.2, -0.15) is 11.8 Å². The molecule has 0 amide bonds. The first kappa shape index (κ1) is 11.6. The van der Waals surface area contributed by atoms with Crippen molar-refractivity contribution in [2.75, 3.05) is 17.3 Å². The molecule has 2 rings (SSSR count). The number of carboxylic acids is 1. The molecular formula is C10H17NO2S2. The lowest BCUT2D eigenvalue weighted by molar-refractivity contribution is -0.139. The zero-order valence-electron chi connectivity index (χ0n) is 9.08. The van der Waals surface area contributed by atoms with E-state index in [4.69, 9.17) is 5.11 Å². The lowest BCUT2D eigenvalue weighted by Crippen LogP contribution is -2.57. The predicted octanol–water partition coefficient (Wildman–Crippen LogP) is 1.64. The van der Waals surface area contributed by atoms with Gasteiger partial charge in [0.05, 0.1) is 4.87 Å². The van der Waals surface area contributed by atoms with Gasteiger partial charge < -0.3 is 5.11 Å². The first-order chi connectivity index (χ1) is 6.97. The van der Waals surface area contributed by atoms with Gasteiger partial charge in [-0.25, -0.2) is 0 Å². The number of aliphatic carboxylic acids is 1. The number of rotatable bonds is 1. The molecule has 2 unspecified atom stereocenters. The summed E-state index contributed by atoms with van der Waals surface area (Å²) in [6.07, 6.45) is 1.16. The maximum Gasteiger partial charge on any atom is 0.321 e. The lowest BCUT2D eigenvalue weighted by Gasteiger charge is -2.47. The van der Waals surface area contributed by atoms with Gasteiger partial charge in [0.25, 0.3) is 0 Å². The predicted molar refractivity (Wildman–Crippen MR) is 65.5 cm³/mol. The molecule has 1 spiro atoms. The van der Waals surface area contributed by atoms with Gasteiger partial charge in [-0.15, -0.1) is 11.8 Å². The van der Waals surface area contributed by atoms with E-state index < -0.39 is 5.97 Å². The Bertz CT molecular complexity index is 283. The molecule has 2 atom stereocenters. The second-order valence-corrected chi connectivity index (χ2v) is 7.28. The fraction of sp³-hybridized carbons (Fsp3) is 0.900. The molecule has 0 bridgehead atoms. The molecule has 0 saturated carbocycles. The van der Waals surface area contributed by atoms with E-state index in [0.29, 0.717) is 5.75 Å². The molecule has 3 nitrogen and oxygen atoms in total. The van der Waals surface area contributed by atoms with Crippen LogP contribution in [0.4, 0.5) is 0 Å². The van der Waals surface area contributed by atoms with Crippen molar-refractivity contribution in [2.45, 2.75) is 31.2 Å². The molecule has 86 valence electrons. The number of hydrogen-bond acceptors (Lipinski definition) is 4. The summed E-state index contributed by atoms with van der Waals surface area (Å²) in [5.74, 6) is 2.19. The van der Waals surface area contributed by atoms with Crippen molar-refractivity contribution in [3.05, 3.63) is 0 Å². The summed E-state index contributed by atoms with van der Waals surface area (Å²) >= 11 is 3.73. The van der Waals surface area contributed by atoms with E-state index in [0.717, 1.165) is 12.2 Å². The van der Waals surface area contributed by atoms with Gasteiger partial charge in [0.2, 0.25) is 0 Å². The van der Waals surface area contributed by atoms with Crippen LogP contribution in [0.3, 0.4) is 0 Å². The van der Waals surface area contributed by atoms with Crippen LogP contribution in [0.2, 0.25) is 0 Å². The van der Waals surface area contributed by atoms with Gasteiger partial charge in [0.15, 0.2) is 0 Å². The molecule has 0 aromatic rings. The third-order valence-corrected chi connectivity index (χ3v) is 6.59. The summed E-state index contributed by atoms with van der Waals surface area (Å²) in [6, 6.07) is -0.368. The van der Waals surface area contributed by atoms with E-state index in [1.54, 1.807) is 11.8 Å². The summed E-state index contributed by atoms with van der Waals surface area (Å²) in [5, 5.41) is 12.4. The van der Waals surface area contributed by atoms with Crippen LogP contribution in [0.1, 0.15) is 20.3 Å². The van der Waals surface area contributed by atoms with Crippen LogP contribution in [-0.4, -0.2) is 39.2 Å². The van der Waals surface area contributed by atoms with Crippen LogP contribution in [-0.2, 0) is 4.79 Å². The molecule has 2 saturated heterocycles. The summed E-state index contributed by atoms with van der Waals surface area (Å²) in [4.78, 5) is 10.9. The average Bonchev–Trinajstić information content (AvgIpc) is 2.57. The summed E-state index contributed by atoms with van der Waals surface area (Å²) in [7, 11) is 0. The lowest BCUT2D eigenvalue weighted by atomic mass is 9.81. The first-order valence-electron chi connectivity index (χ1n) is 5.19. The normalized spacial score (nSPS) is 39.5. The molecule has 2 N–H and O–H groups in total. The molecule has 0 aromatic heterocycles. The standard InChI is InChI=1S/C10H17NO2S2/c1-9(2)3-4-14-6-10(9)11-7(5-15-10)8(12)13/h7,11H,3-6H2,1-2H3,(H,12,13). The zero-order valence-corrected chi connectivity index (χ0v) is 10.7. The highest BCUT2D eigenvalue weighted by Gasteiger charge is 2.53. The smallest absolute Gasteiger partial charge is 0.321 e. The fourth-order valence-corrected chi connectivity index (χ4v) is 5.68. The zero-order chi connectivity index (χ0) is 11.1. The van der Waals surface area contributed by atoms with Crippen molar-refractivity contribution in [1.82, 2.24) is 5.32 Å². The van der Waals surface area contributed by atoms with Crippen molar-refractivity contribution in [1.29, 1.82) is 0 Å². The van der Waals surface area contributed by atoms with Crippen LogP contribution in [0.5, 0.6) is 0 Å². The Morgan fingerprint density at radius 1 is 1.53 bits per heavy atom. The third kappa shape index (κ3) is 1.89. The quantitative estimate of drug-likeness (QED) is 0.737. The molecule has 5 heteroatoms. The van der Waals surface area contributed by atoms with Gasteiger partial charge in [-0.05, 0) is 17.6 Å². The average molecular weight is 247 g/mol. The Hall–Kier alpha value is 0.130. The Balaban J connectivity index is 2.16. The highest BCUT2D eigenvalue weighted by Crippen LogP contribution is 2.51. The van der Waals surface area contributed by atoms with Gasteiger partial charge in [-0.1, -0.05) is 13.8 Å². The SMILES string of the molecule is CC1(C)CCSCC12NC(C(=O)O)CS2. The Morgan fingerprint density at radius 3 is 2.80 bits per heavy atom. The van der Waals surface area contributed by atoms with Crippen LogP contribution in [0.15, 0.2) is 0 Å². The van der Waals surface area contributed by atoms with E-state index in [1.807, 2.05) is 11.8 Å². The van der Waals surface area contributed by atoms with Crippen molar-refractivity contribution >= 4 is 29.5 Å². The van der Waals surface area contributed by atoms with E-state index in [-0.39, 0.29) is 16.3 Å². The second kappa shape index (κ2) is 3.86. The van der Waals surface area contributed by atoms with E-state index >= 15 is 0 Å². The Morgan fingerprint density at radius 2 is 2.27 bits per heavy atom. The maximum absolute atomic E-state index is 11.0. The van der Waals surface area contributed by atoms with Gasteiger partial charge in [0, 0.05) is 11.5 Å². The number of thioether (sulfide) groups is 2. The van der Waals surface area contributed by atoms with Crippen molar-refractivity contribution < 1.29 is 9.90 Å². The number of hydrogen-bond donors (Lipinski definition) is 2. The van der Waals surface area contributed by atoms with Crippen LogP contribution >= 0.6 is 23.5 Å². The number of carbonyl (C=O) groups is 1. The van der Waals surface area contributed by atoms with E-state index in [1.165, 1.54) is 5.75 Å². The van der Waals surface area contributed by atoms with Crippen LogP contribution < -0.4 is 5.32 Å². The van der Waals surface area contributed by atoms with Crippen molar-refractivity contribution in [3.63, 3.8) is 0 Å². The molecule has 0 aliphatic carbocycles. The molecular weight excluding hydrogens is 230 g/mol. The second-order valence-electron chi connectivity index (χ2n) is 4.86. The molecule has 2 heterocycles. The first-order valence-corrected chi connectivity index (χ1v) is 7.33. The Kier molecular flexibility index (Phi) is 2.99. The molecule has 2 aliphatic rings. The molecule has 2 aliphatic heterocycles. The highest BCUT2D eigenvalue weighted by molar-refractivity contribution is 8.04. The van der Waals surface area contributed by atoms with Gasteiger partial charge >= 0.3 is 5.97 Å². The molecule has 15 heavy (non-hydrogen) atoms. The third-order valence-electron chi connectivity index (χ3n) is 3.47. The fourth-order valence-electron chi connectivity index (χ4n) is 2.14.